The first-order valence-electron chi connectivity index (χ1n) is 13.9. The molecule has 38 heavy (non-hydrogen) atoms. The van der Waals surface area contributed by atoms with E-state index in [1.54, 1.807) is 6.21 Å². The fourth-order valence-electron chi connectivity index (χ4n) is 5.02. The van der Waals surface area contributed by atoms with Gasteiger partial charge in [0.1, 0.15) is 11.5 Å². The van der Waals surface area contributed by atoms with Crippen molar-refractivity contribution in [2.24, 2.45) is 9.98 Å². The first kappa shape index (κ1) is 30.2. The fraction of sp³-hybridized carbons (Fsp3) is 0.576. The van der Waals surface area contributed by atoms with Crippen molar-refractivity contribution in [3.05, 3.63) is 57.6 Å². The molecule has 2 aromatic rings. The first-order valence-corrected chi connectivity index (χ1v) is 14.4. The summed E-state index contributed by atoms with van der Waals surface area (Å²) >= 11 is 6.17. The number of aliphatic imine (C=N–C) groups is 2. The molecule has 0 heterocycles. The molecule has 1 fully saturated rings. The lowest BCUT2D eigenvalue weighted by Gasteiger charge is -2.28. The van der Waals surface area contributed by atoms with Crippen LogP contribution in [0, 0.1) is 0 Å². The monoisotopic (exact) mass is 538 g/mol. The van der Waals surface area contributed by atoms with E-state index in [4.69, 9.17) is 21.6 Å². The molecule has 2 N–H and O–H groups in total. The van der Waals surface area contributed by atoms with Crippen LogP contribution in [0.5, 0.6) is 11.5 Å². The van der Waals surface area contributed by atoms with E-state index >= 15 is 0 Å². The summed E-state index contributed by atoms with van der Waals surface area (Å²) in [5.41, 5.74) is 5.00. The molecule has 0 aliphatic heterocycles. The van der Waals surface area contributed by atoms with Crippen LogP contribution in [0.1, 0.15) is 121 Å². The van der Waals surface area contributed by atoms with Gasteiger partial charge in [0.15, 0.2) is 0 Å². The zero-order valence-electron chi connectivity index (χ0n) is 24.8. The molecule has 5 heteroatoms. The molecule has 1 aliphatic rings. The van der Waals surface area contributed by atoms with Gasteiger partial charge in [0.2, 0.25) is 0 Å². The van der Waals surface area contributed by atoms with Crippen LogP contribution >= 0.6 is 11.6 Å². The van der Waals surface area contributed by atoms with Gasteiger partial charge < -0.3 is 10.2 Å². The minimum absolute atomic E-state index is 0.0205. The number of benzene rings is 2. The molecule has 4 nitrogen and oxygen atoms in total. The first-order chi connectivity index (χ1) is 17.5. The highest BCUT2D eigenvalue weighted by Crippen LogP contribution is 2.38. The van der Waals surface area contributed by atoms with Crippen molar-refractivity contribution in [3.63, 3.8) is 0 Å². The van der Waals surface area contributed by atoms with Crippen molar-refractivity contribution >= 4 is 24.0 Å². The second-order valence-corrected chi connectivity index (χ2v) is 14.2. The van der Waals surface area contributed by atoms with E-state index in [0.717, 1.165) is 47.9 Å². The number of hydrogen-bond acceptors (Lipinski definition) is 4. The molecular weight excluding hydrogens is 492 g/mol. The van der Waals surface area contributed by atoms with Crippen molar-refractivity contribution in [3.8, 4) is 11.5 Å². The number of phenols is 2. The maximum atomic E-state index is 11.2. The van der Waals surface area contributed by atoms with E-state index in [2.05, 4.69) is 74.4 Å². The highest BCUT2D eigenvalue weighted by atomic mass is 35.5. The summed E-state index contributed by atoms with van der Waals surface area (Å²) in [5.74, 6) is 0.959. The number of hydrogen-bond donors (Lipinski definition) is 2. The summed E-state index contributed by atoms with van der Waals surface area (Å²) in [6.07, 6.45) is 7.76. The fourth-order valence-corrected chi connectivity index (χ4v) is 5.17. The van der Waals surface area contributed by atoms with Gasteiger partial charge in [-0.2, -0.15) is 0 Å². The molecule has 1 aliphatic carbocycles. The average molecular weight is 539 g/mol. The summed E-state index contributed by atoms with van der Waals surface area (Å²) in [6, 6.07) is 8.15. The Labute approximate surface area is 235 Å². The van der Waals surface area contributed by atoms with Gasteiger partial charge in [0.05, 0.1) is 12.1 Å². The van der Waals surface area contributed by atoms with Crippen LogP contribution in [0.2, 0.25) is 0 Å². The number of nitrogens with zero attached hydrogens (tertiary/aromatic N) is 2. The average Bonchev–Trinajstić information content (AvgIpc) is 2.81. The lowest BCUT2D eigenvalue weighted by Crippen LogP contribution is -2.27. The Morgan fingerprint density at radius 1 is 0.711 bits per heavy atom. The number of alkyl halides is 1. The largest absolute Gasteiger partial charge is 0.507 e. The number of aromatic hydroxyl groups is 2. The summed E-state index contributed by atoms with van der Waals surface area (Å²) in [6.45, 7) is 19.2. The van der Waals surface area contributed by atoms with E-state index in [-0.39, 0.29) is 34.1 Å². The van der Waals surface area contributed by atoms with Gasteiger partial charge in [-0.05, 0) is 52.3 Å². The van der Waals surface area contributed by atoms with E-state index in [1.807, 2.05) is 18.3 Å². The zero-order chi connectivity index (χ0) is 28.5. The van der Waals surface area contributed by atoms with Gasteiger partial charge in [-0.1, -0.05) is 87.3 Å². The topological polar surface area (TPSA) is 65.2 Å². The molecule has 3 rings (SSSR count). The van der Waals surface area contributed by atoms with Crippen LogP contribution in [0.25, 0.3) is 0 Å². The highest BCUT2D eigenvalue weighted by molar-refractivity contribution is 6.17. The molecule has 0 bridgehead atoms. The van der Waals surface area contributed by atoms with Crippen molar-refractivity contribution in [1.82, 2.24) is 0 Å². The second-order valence-electron chi connectivity index (χ2n) is 13.9. The zero-order valence-corrected chi connectivity index (χ0v) is 25.6. The molecular formula is C33H47ClN2O2. The maximum absolute atomic E-state index is 11.2. The van der Waals surface area contributed by atoms with Gasteiger partial charge in [-0.25, -0.2) is 0 Å². The molecule has 208 valence electrons. The maximum Gasteiger partial charge on any atom is 0.128 e. The summed E-state index contributed by atoms with van der Waals surface area (Å²) in [4.78, 5) is 9.92. The number of halogens is 1. The van der Waals surface area contributed by atoms with Crippen molar-refractivity contribution in [1.29, 1.82) is 0 Å². The van der Waals surface area contributed by atoms with Crippen molar-refractivity contribution in [2.75, 3.05) is 0 Å². The minimum atomic E-state index is -0.206. The van der Waals surface area contributed by atoms with Crippen molar-refractivity contribution < 1.29 is 10.2 Å². The smallest absolute Gasteiger partial charge is 0.128 e. The van der Waals surface area contributed by atoms with Gasteiger partial charge in [0, 0.05) is 40.6 Å². The molecule has 0 saturated heterocycles. The molecule has 0 amide bonds. The van der Waals surface area contributed by atoms with Gasteiger partial charge in [-0.15, -0.1) is 11.6 Å². The Morgan fingerprint density at radius 2 is 1.16 bits per heavy atom. The summed E-state index contributed by atoms with van der Waals surface area (Å²) in [5, 5.41) is 22.2. The molecule has 0 radical (unpaired) electrons. The molecule has 0 unspecified atom stereocenters. The predicted octanol–water partition coefficient (Wildman–Crippen LogP) is 8.58. The third-order valence-corrected chi connectivity index (χ3v) is 7.79. The molecule has 0 aromatic heterocycles. The molecule has 2 atom stereocenters. The quantitative estimate of drug-likeness (QED) is 0.295. The molecule has 0 spiro atoms. The van der Waals surface area contributed by atoms with Crippen LogP contribution in [0.3, 0.4) is 0 Å². The normalized spacial score (nSPS) is 19.5. The van der Waals surface area contributed by atoms with Gasteiger partial charge in [0.25, 0.3) is 0 Å². The van der Waals surface area contributed by atoms with Crippen LogP contribution in [0.4, 0.5) is 0 Å². The standard InChI is InChI=1S/C33H47ClN2O2/c1-31(2,3)24-16-23(30(38)26(17-24)33(7,8)9)20-36-28-13-11-10-12-27(28)35-19-22-14-21(18-34)15-25(29(22)37)32(4,5)6/h14-17,19-20,27-28,37-38H,10-13,18H2,1-9H3/t27-,28-/m1/s1. The van der Waals surface area contributed by atoms with Crippen molar-refractivity contribution in [2.45, 2.75) is 122 Å². The van der Waals surface area contributed by atoms with Crippen LogP contribution in [-0.2, 0) is 22.1 Å². The lowest BCUT2D eigenvalue weighted by molar-refractivity contribution is 0.389. The minimum Gasteiger partial charge on any atom is -0.507 e. The summed E-state index contributed by atoms with van der Waals surface area (Å²) < 4.78 is 0. The Morgan fingerprint density at radius 3 is 1.58 bits per heavy atom. The number of rotatable bonds is 5. The third-order valence-electron chi connectivity index (χ3n) is 7.48. The van der Waals surface area contributed by atoms with Gasteiger partial charge in [-0.3, -0.25) is 9.98 Å². The van der Waals surface area contributed by atoms with E-state index in [9.17, 15) is 10.2 Å². The van der Waals surface area contributed by atoms with E-state index in [0.29, 0.717) is 17.2 Å². The predicted molar refractivity (Wildman–Crippen MR) is 163 cm³/mol. The summed E-state index contributed by atoms with van der Waals surface area (Å²) in [7, 11) is 0. The SMILES string of the molecule is CC(C)(C)c1cc(C=N[C@@H]2CCCC[C@H]2N=Cc2cc(CCl)cc(C(C)(C)C)c2O)c(O)c(C(C)(C)C)c1. The van der Waals surface area contributed by atoms with Crippen LogP contribution in [0.15, 0.2) is 34.3 Å². The Kier molecular flexibility index (Phi) is 9.08. The van der Waals surface area contributed by atoms with Crippen LogP contribution in [-0.4, -0.2) is 34.7 Å². The van der Waals surface area contributed by atoms with Crippen LogP contribution < -0.4 is 0 Å². The highest BCUT2D eigenvalue weighted by Gasteiger charge is 2.27. The lowest BCUT2D eigenvalue weighted by atomic mass is 9.79. The Balaban J connectivity index is 1.96. The second kappa shape index (κ2) is 11.4. The number of phenolic OH excluding ortho intramolecular Hbond substituents is 2. The third kappa shape index (κ3) is 7.20. The Hall–Kier alpha value is -2.33. The van der Waals surface area contributed by atoms with Gasteiger partial charge >= 0.3 is 0 Å². The van der Waals surface area contributed by atoms with E-state index in [1.165, 1.54) is 5.56 Å². The molecule has 2 aromatic carbocycles. The molecule has 1 saturated carbocycles. The van der Waals surface area contributed by atoms with E-state index < -0.39 is 0 Å². The Bertz CT molecular complexity index is 1190.